The summed E-state index contributed by atoms with van der Waals surface area (Å²) in [7, 11) is 0. The molecule has 0 bridgehead atoms. The van der Waals surface area contributed by atoms with Crippen LogP contribution in [0.15, 0.2) is 28.4 Å². The van der Waals surface area contributed by atoms with Crippen molar-refractivity contribution in [2.45, 2.75) is 6.54 Å². The van der Waals surface area contributed by atoms with Crippen LogP contribution in [0.4, 0.5) is 15.8 Å². The van der Waals surface area contributed by atoms with Crippen molar-refractivity contribution in [3.05, 3.63) is 54.9 Å². The number of aromatic amines is 1. The second-order valence-electron chi connectivity index (χ2n) is 3.48. The van der Waals surface area contributed by atoms with Crippen LogP contribution in [-0.2, 0) is 6.54 Å². The van der Waals surface area contributed by atoms with Crippen molar-refractivity contribution in [1.29, 1.82) is 0 Å². The molecule has 0 aliphatic heterocycles. The minimum absolute atomic E-state index is 0.183. The van der Waals surface area contributed by atoms with Crippen molar-refractivity contribution in [3.8, 4) is 0 Å². The van der Waals surface area contributed by atoms with E-state index in [1.807, 2.05) is 0 Å². The maximum Gasteiger partial charge on any atom is 0.304 e. The van der Waals surface area contributed by atoms with Gasteiger partial charge in [0, 0.05) is 22.8 Å². The molecular formula is C10H8FN3O3S. The third-order valence-corrected chi connectivity index (χ3v) is 2.87. The highest BCUT2D eigenvalue weighted by Crippen LogP contribution is 2.20. The summed E-state index contributed by atoms with van der Waals surface area (Å²) in [6.07, 6.45) is 0. The average molecular weight is 269 g/mol. The van der Waals surface area contributed by atoms with Crippen molar-refractivity contribution < 1.29 is 9.31 Å². The Labute approximate surface area is 104 Å². The number of nitro groups is 1. The van der Waals surface area contributed by atoms with Gasteiger partial charge in [-0.1, -0.05) is 11.3 Å². The molecule has 0 spiro atoms. The largest absolute Gasteiger partial charge is 0.379 e. The molecule has 18 heavy (non-hydrogen) atoms. The molecule has 8 heteroatoms. The number of nitrogens with one attached hydrogen (secondary N) is 2. The molecule has 1 aromatic carbocycles. The van der Waals surface area contributed by atoms with E-state index >= 15 is 0 Å². The number of rotatable bonds is 4. The van der Waals surface area contributed by atoms with Crippen LogP contribution < -0.4 is 10.2 Å². The Morgan fingerprint density at radius 2 is 2.22 bits per heavy atom. The highest BCUT2D eigenvalue weighted by Gasteiger charge is 2.09. The van der Waals surface area contributed by atoms with Gasteiger partial charge in [-0.3, -0.25) is 14.9 Å². The van der Waals surface area contributed by atoms with Gasteiger partial charge in [0.25, 0.3) is 5.69 Å². The molecule has 0 amide bonds. The molecular weight excluding hydrogens is 261 g/mol. The van der Waals surface area contributed by atoms with Gasteiger partial charge < -0.3 is 10.3 Å². The van der Waals surface area contributed by atoms with E-state index in [1.54, 1.807) is 5.38 Å². The smallest absolute Gasteiger partial charge is 0.304 e. The average Bonchev–Trinajstić information content (AvgIpc) is 2.72. The molecule has 94 valence electrons. The van der Waals surface area contributed by atoms with Crippen LogP contribution in [0.25, 0.3) is 0 Å². The number of aromatic nitrogens is 1. The van der Waals surface area contributed by atoms with Crippen LogP contribution in [0.2, 0.25) is 0 Å². The van der Waals surface area contributed by atoms with E-state index < -0.39 is 10.7 Å². The van der Waals surface area contributed by atoms with Crippen LogP contribution in [-0.4, -0.2) is 9.91 Å². The van der Waals surface area contributed by atoms with E-state index in [1.165, 1.54) is 6.07 Å². The lowest BCUT2D eigenvalue weighted by molar-refractivity contribution is -0.385. The van der Waals surface area contributed by atoms with Crippen LogP contribution in [0.3, 0.4) is 0 Å². The van der Waals surface area contributed by atoms with Crippen molar-refractivity contribution in [2.24, 2.45) is 0 Å². The minimum atomic E-state index is -0.689. The maximum absolute atomic E-state index is 13.1. The SMILES string of the molecule is O=c1[nH]c(CNc2cc(F)cc([N+](=O)[O-])c2)cs1. The molecule has 0 saturated carbocycles. The number of benzene rings is 1. The number of nitro benzene ring substituents is 1. The van der Waals surface area contributed by atoms with Gasteiger partial charge in [-0.2, -0.15) is 0 Å². The Bertz CT molecular complexity index is 637. The summed E-state index contributed by atoms with van der Waals surface area (Å²) in [5.41, 5.74) is 0.599. The molecule has 2 rings (SSSR count). The Kier molecular flexibility index (Phi) is 3.38. The molecule has 0 unspecified atom stereocenters. The summed E-state index contributed by atoms with van der Waals surface area (Å²) in [5.74, 6) is -0.689. The number of non-ortho nitro benzene ring substituents is 1. The fourth-order valence-corrected chi connectivity index (χ4v) is 1.96. The molecule has 0 atom stereocenters. The van der Waals surface area contributed by atoms with Gasteiger partial charge in [-0.05, 0) is 6.07 Å². The normalized spacial score (nSPS) is 10.3. The van der Waals surface area contributed by atoms with Gasteiger partial charge in [-0.25, -0.2) is 4.39 Å². The van der Waals surface area contributed by atoms with E-state index in [9.17, 15) is 19.3 Å². The summed E-state index contributed by atoms with van der Waals surface area (Å²) in [6.45, 7) is 0.263. The number of hydrogen-bond acceptors (Lipinski definition) is 5. The van der Waals surface area contributed by atoms with Crippen molar-refractivity contribution >= 4 is 22.7 Å². The first kappa shape index (κ1) is 12.2. The lowest BCUT2D eigenvalue weighted by Crippen LogP contribution is -2.03. The molecule has 6 nitrogen and oxygen atoms in total. The molecule has 0 aliphatic rings. The van der Waals surface area contributed by atoms with E-state index in [-0.39, 0.29) is 22.8 Å². The predicted molar refractivity (Wildman–Crippen MR) is 65.3 cm³/mol. The Morgan fingerprint density at radius 3 is 2.83 bits per heavy atom. The number of thiazole rings is 1. The topological polar surface area (TPSA) is 88.0 Å². The van der Waals surface area contributed by atoms with Gasteiger partial charge in [-0.15, -0.1) is 0 Å². The van der Waals surface area contributed by atoms with Crippen LogP contribution in [0.5, 0.6) is 0 Å². The van der Waals surface area contributed by atoms with Crippen molar-refractivity contribution in [3.63, 3.8) is 0 Å². The molecule has 0 aliphatic carbocycles. The molecule has 1 aromatic heterocycles. The highest BCUT2D eigenvalue weighted by molar-refractivity contribution is 7.07. The van der Waals surface area contributed by atoms with Crippen LogP contribution in [0.1, 0.15) is 5.69 Å². The monoisotopic (exact) mass is 269 g/mol. The van der Waals surface area contributed by atoms with E-state index in [4.69, 9.17) is 0 Å². The van der Waals surface area contributed by atoms with Crippen molar-refractivity contribution in [2.75, 3.05) is 5.32 Å². The fraction of sp³-hybridized carbons (Fsp3) is 0.100. The van der Waals surface area contributed by atoms with Crippen LogP contribution in [0, 0.1) is 15.9 Å². The zero-order chi connectivity index (χ0) is 13.1. The molecule has 0 radical (unpaired) electrons. The van der Waals surface area contributed by atoms with E-state index in [0.29, 0.717) is 5.69 Å². The lowest BCUT2D eigenvalue weighted by Gasteiger charge is -2.04. The predicted octanol–water partition coefficient (Wildman–Crippen LogP) is 2.10. The summed E-state index contributed by atoms with van der Waals surface area (Å²) in [5, 5.41) is 15.0. The first-order chi connectivity index (χ1) is 8.54. The zero-order valence-corrected chi connectivity index (χ0v) is 9.79. The van der Waals surface area contributed by atoms with E-state index in [0.717, 1.165) is 23.5 Å². The summed E-state index contributed by atoms with van der Waals surface area (Å²) in [6, 6.07) is 3.22. The number of H-pyrrole nitrogens is 1. The number of halogens is 1. The van der Waals surface area contributed by atoms with Gasteiger partial charge in [0.2, 0.25) is 0 Å². The van der Waals surface area contributed by atoms with Gasteiger partial charge in [0.15, 0.2) is 0 Å². The molecule has 0 saturated heterocycles. The molecule has 1 heterocycles. The third-order valence-electron chi connectivity index (χ3n) is 2.15. The first-order valence-electron chi connectivity index (χ1n) is 4.90. The standard InChI is InChI=1S/C10H8FN3O3S/c11-6-1-7(3-9(2-6)14(16)17)12-4-8-5-18-10(15)13-8/h1-3,5,12H,4H2,(H,13,15). The summed E-state index contributed by atoms with van der Waals surface area (Å²) in [4.78, 5) is 23.2. The second-order valence-corrected chi connectivity index (χ2v) is 4.32. The summed E-state index contributed by atoms with van der Waals surface area (Å²) < 4.78 is 13.1. The minimum Gasteiger partial charge on any atom is -0.379 e. The van der Waals surface area contributed by atoms with Crippen LogP contribution >= 0.6 is 11.3 Å². The molecule has 0 fully saturated rings. The Hall–Kier alpha value is -2.22. The molecule has 2 N–H and O–H groups in total. The van der Waals surface area contributed by atoms with Crippen molar-refractivity contribution in [1.82, 2.24) is 4.98 Å². The number of anilines is 1. The highest BCUT2D eigenvalue weighted by atomic mass is 32.1. The fourth-order valence-electron chi connectivity index (χ4n) is 1.38. The molecule has 2 aromatic rings. The Morgan fingerprint density at radius 1 is 1.44 bits per heavy atom. The number of nitrogens with zero attached hydrogens (tertiary/aromatic N) is 1. The third kappa shape index (κ3) is 2.92. The Balaban J connectivity index is 2.14. The van der Waals surface area contributed by atoms with Gasteiger partial charge in [0.1, 0.15) is 5.82 Å². The quantitative estimate of drug-likeness (QED) is 0.657. The maximum atomic E-state index is 13.1. The van der Waals surface area contributed by atoms with E-state index in [2.05, 4.69) is 10.3 Å². The lowest BCUT2D eigenvalue weighted by atomic mass is 10.2. The van der Waals surface area contributed by atoms with Gasteiger partial charge >= 0.3 is 4.87 Å². The zero-order valence-electron chi connectivity index (χ0n) is 8.97. The number of hydrogen-bond donors (Lipinski definition) is 2. The second kappa shape index (κ2) is 4.96. The first-order valence-corrected chi connectivity index (χ1v) is 5.78. The summed E-state index contributed by atoms with van der Waals surface area (Å²) >= 11 is 1.02. The van der Waals surface area contributed by atoms with Gasteiger partial charge in [0.05, 0.1) is 17.5 Å².